The van der Waals surface area contributed by atoms with Gasteiger partial charge < -0.3 is 0 Å². The van der Waals surface area contributed by atoms with Gasteiger partial charge in [0.15, 0.2) is 23.3 Å². The van der Waals surface area contributed by atoms with Crippen molar-refractivity contribution in [3.8, 4) is 213 Å². The molecule has 0 atom stereocenters. The number of benzene rings is 16. The first-order valence-electron chi connectivity index (χ1n) is 48.0. The number of rotatable bonds is 16. The van der Waals surface area contributed by atoms with Crippen LogP contribution in [0.3, 0.4) is 0 Å². The smallest absolute Gasteiger partial charge is 0.160 e. The van der Waals surface area contributed by atoms with Gasteiger partial charge in [-0.15, -0.1) is 0 Å². The van der Waals surface area contributed by atoms with Gasteiger partial charge in [-0.05, 0) is 232 Å². The molecule has 0 saturated heterocycles. The van der Waals surface area contributed by atoms with Gasteiger partial charge in [-0.25, -0.2) is 39.9 Å². The normalized spacial score (nSPS) is 12.8. The SMILES string of the molecule is CC1(C)c2ccccc2-c2cc(-c3cc(-c4ccc(-c5ncccn5)cc4)cc(-c4nc(-c5ccccc5)cc(-c5ccccc5)n4)c3)ccc21.CC1(C)c2ccccc2-c2cc(-c3cc(-c4ccccn4)cc(-c4nc(-c5ccccc5)cc(-c5ccccc5)n4)c3)ccc21.CC1(C)c2ccccc2-c2cc(-c3cc(-c4cccnc4)cc(-c4nc(-c5ccccc5)cc(-c5ccccc5)n4)c3)ccc21. The lowest BCUT2D eigenvalue weighted by Gasteiger charge is -2.21. The van der Waals surface area contributed by atoms with Crippen LogP contribution in [-0.4, -0.2) is 49.8 Å². The molecule has 670 valence electrons. The van der Waals surface area contributed by atoms with Gasteiger partial charge in [0.2, 0.25) is 0 Å². The molecule has 0 spiro atoms. The van der Waals surface area contributed by atoms with Crippen LogP contribution in [-0.2, 0) is 16.2 Å². The molecule has 3 aliphatic rings. The number of hydrogen-bond donors (Lipinski definition) is 0. The Morgan fingerprint density at radius 2 is 0.404 bits per heavy atom. The lowest BCUT2D eigenvalue weighted by molar-refractivity contribution is 0.660. The van der Waals surface area contributed by atoms with Crippen molar-refractivity contribution in [3.63, 3.8) is 0 Å². The van der Waals surface area contributed by atoms with E-state index >= 15 is 0 Å². The van der Waals surface area contributed by atoms with E-state index in [2.05, 4.69) is 390 Å². The monoisotopic (exact) mass is 1810 g/mol. The van der Waals surface area contributed by atoms with Gasteiger partial charge in [0.1, 0.15) is 0 Å². The summed E-state index contributed by atoms with van der Waals surface area (Å²) in [5.41, 5.74) is 44.4. The fourth-order valence-electron chi connectivity index (χ4n) is 20.5. The lowest BCUT2D eigenvalue weighted by atomic mass is 9.82. The van der Waals surface area contributed by atoms with Gasteiger partial charge in [0, 0.05) is 114 Å². The Morgan fingerprint density at radius 1 is 0.142 bits per heavy atom. The molecule has 0 radical (unpaired) electrons. The molecular weight excluding hydrogens is 1710 g/mol. The molecule has 16 aromatic carbocycles. The van der Waals surface area contributed by atoms with Crippen LogP contribution < -0.4 is 0 Å². The summed E-state index contributed by atoms with van der Waals surface area (Å²) in [7, 11) is 0. The third kappa shape index (κ3) is 17.2. The molecule has 10 heteroatoms. The second kappa shape index (κ2) is 37.0. The van der Waals surface area contributed by atoms with Gasteiger partial charge in [-0.3, -0.25) is 9.97 Å². The Hall–Kier alpha value is -17.9. The Morgan fingerprint density at radius 3 is 0.730 bits per heavy atom. The fraction of sp³-hybridized carbons (Fsp3) is 0.0687. The number of pyridine rings is 2. The zero-order valence-electron chi connectivity index (χ0n) is 79.0. The van der Waals surface area contributed by atoms with Crippen LogP contribution in [0.15, 0.2) is 474 Å². The zero-order chi connectivity index (χ0) is 95.1. The first kappa shape index (κ1) is 87.2. The predicted octanol–water partition coefficient (Wildman–Crippen LogP) is 32.6. The summed E-state index contributed by atoms with van der Waals surface area (Å²) in [5.74, 6) is 2.76. The van der Waals surface area contributed by atoms with E-state index < -0.39 is 0 Å². The standard InChI is InChI=1S/C47H34N4.2C42H31N3/c1-47(2)41-17-10-9-16-39(41)40-29-35(22-23-42(40)47)37-26-36(31-18-20-34(21-19-31)45-48-24-11-25-49-45)27-38(28-37)46-50-43(32-12-5-3-6-13-32)30-44(51-46)33-14-7-4-8-15-33;1-42(2)36-18-10-9-17-34(36)35-26-30(20-21-37(35)42)31-23-32(38-19-11-12-22-43-38)25-33(24-31)41-44-39(28-13-5-3-6-14-28)27-40(45-41)29-15-7-4-8-16-29;1-42(2)37-18-10-9-17-35(37)36-25-30(19-20-38(36)42)32-22-33(31-16-11-21-43-27-31)24-34(23-32)41-44-39(28-12-5-3-6-13-28)26-40(45-41)29-14-7-4-8-15-29/h3-30H,1-2H3;2*3-27H,1-2H3. The number of aromatic nitrogens is 10. The third-order valence-corrected chi connectivity index (χ3v) is 27.9. The second-order valence-corrected chi connectivity index (χ2v) is 37.9. The maximum Gasteiger partial charge on any atom is 0.160 e. The summed E-state index contributed by atoms with van der Waals surface area (Å²) in [6.07, 6.45) is 9.12. The summed E-state index contributed by atoms with van der Waals surface area (Å²) >= 11 is 0. The van der Waals surface area contributed by atoms with Gasteiger partial charge >= 0.3 is 0 Å². The molecule has 0 saturated carbocycles. The molecule has 6 aromatic heterocycles. The highest BCUT2D eigenvalue weighted by Crippen LogP contribution is 2.54. The molecule has 6 heterocycles. The summed E-state index contributed by atoms with van der Waals surface area (Å²) in [6.45, 7) is 13.9. The second-order valence-electron chi connectivity index (χ2n) is 37.9. The number of fused-ring (bicyclic) bond motifs is 9. The Balaban J connectivity index is 0.000000118. The molecule has 3 aliphatic carbocycles. The maximum absolute atomic E-state index is 5.20. The highest BCUT2D eigenvalue weighted by molar-refractivity contribution is 5.92. The largest absolute Gasteiger partial charge is 0.264 e. The Bertz CT molecular complexity index is 7940. The minimum Gasteiger partial charge on any atom is -0.264 e. The van der Waals surface area contributed by atoms with E-state index in [1.54, 1.807) is 12.4 Å². The molecule has 10 nitrogen and oxygen atoms in total. The molecule has 0 N–H and O–H groups in total. The lowest BCUT2D eigenvalue weighted by Crippen LogP contribution is -2.14. The van der Waals surface area contributed by atoms with Crippen LogP contribution in [0.25, 0.3) is 213 Å². The highest BCUT2D eigenvalue weighted by Gasteiger charge is 2.39. The van der Waals surface area contributed by atoms with E-state index in [-0.39, 0.29) is 16.2 Å². The van der Waals surface area contributed by atoms with Gasteiger partial charge in [0.05, 0.1) is 39.9 Å². The molecular formula is C131H96N10. The molecule has 0 bridgehead atoms. The van der Waals surface area contributed by atoms with Crippen molar-refractivity contribution < 1.29 is 0 Å². The summed E-state index contributed by atoms with van der Waals surface area (Å²) in [5, 5.41) is 0. The van der Waals surface area contributed by atoms with Crippen LogP contribution in [0, 0.1) is 0 Å². The van der Waals surface area contributed by atoms with E-state index in [1.165, 1.54) is 66.8 Å². The molecule has 0 amide bonds. The fourth-order valence-corrected chi connectivity index (χ4v) is 20.5. The number of hydrogen-bond acceptors (Lipinski definition) is 10. The first-order valence-corrected chi connectivity index (χ1v) is 48.0. The van der Waals surface area contributed by atoms with Crippen LogP contribution >= 0.6 is 0 Å². The topological polar surface area (TPSA) is 129 Å². The van der Waals surface area contributed by atoms with Crippen molar-refractivity contribution in [3.05, 3.63) is 507 Å². The predicted molar refractivity (Wildman–Crippen MR) is 577 cm³/mol. The summed E-state index contributed by atoms with van der Waals surface area (Å²) in [6, 6.07) is 156. The Kier molecular flexibility index (Phi) is 22.9. The maximum atomic E-state index is 5.20. The van der Waals surface area contributed by atoms with Crippen molar-refractivity contribution >= 4 is 0 Å². The summed E-state index contributed by atoms with van der Waals surface area (Å²) < 4.78 is 0. The van der Waals surface area contributed by atoms with E-state index in [4.69, 9.17) is 34.9 Å². The molecule has 22 aromatic rings. The van der Waals surface area contributed by atoms with Crippen molar-refractivity contribution in [2.75, 3.05) is 0 Å². The average molecular weight is 1810 g/mol. The first-order chi connectivity index (χ1) is 69.1. The molecule has 25 rings (SSSR count). The zero-order valence-corrected chi connectivity index (χ0v) is 79.0. The van der Waals surface area contributed by atoms with Crippen LogP contribution in [0.2, 0.25) is 0 Å². The minimum atomic E-state index is -0.0543. The van der Waals surface area contributed by atoms with Crippen LogP contribution in [0.5, 0.6) is 0 Å². The highest BCUT2D eigenvalue weighted by atomic mass is 14.9. The van der Waals surface area contributed by atoms with Gasteiger partial charge in [-0.2, -0.15) is 0 Å². The van der Waals surface area contributed by atoms with Crippen molar-refractivity contribution in [1.29, 1.82) is 0 Å². The van der Waals surface area contributed by atoms with Gasteiger partial charge in [0.25, 0.3) is 0 Å². The molecule has 0 fully saturated rings. The Labute approximate surface area is 822 Å². The summed E-state index contributed by atoms with van der Waals surface area (Å²) in [4.78, 5) is 49.0. The van der Waals surface area contributed by atoms with Crippen LogP contribution in [0.1, 0.15) is 74.9 Å². The quantitative estimate of drug-likeness (QED) is 0.0922. The van der Waals surface area contributed by atoms with Gasteiger partial charge in [-0.1, -0.05) is 369 Å². The van der Waals surface area contributed by atoms with Crippen molar-refractivity contribution in [2.24, 2.45) is 0 Å². The molecule has 0 aliphatic heterocycles. The van der Waals surface area contributed by atoms with Crippen LogP contribution in [0.4, 0.5) is 0 Å². The van der Waals surface area contributed by atoms with E-state index in [9.17, 15) is 0 Å². The molecule has 141 heavy (non-hydrogen) atoms. The van der Waals surface area contributed by atoms with Crippen molar-refractivity contribution in [1.82, 2.24) is 49.8 Å². The number of nitrogens with zero attached hydrogens (tertiary/aromatic N) is 10. The van der Waals surface area contributed by atoms with Crippen molar-refractivity contribution in [2.45, 2.75) is 57.8 Å². The average Bonchev–Trinajstić information content (AvgIpc) is 1.59. The van der Waals surface area contributed by atoms with E-state index in [0.29, 0.717) is 23.3 Å². The van der Waals surface area contributed by atoms with E-state index in [0.717, 1.165) is 157 Å². The molecule has 0 unspecified atom stereocenters. The third-order valence-electron chi connectivity index (χ3n) is 27.9. The minimum absolute atomic E-state index is 0.0350. The van der Waals surface area contributed by atoms with E-state index in [1.807, 2.05) is 128 Å².